The highest BCUT2D eigenvalue weighted by molar-refractivity contribution is 8.00. The molecule has 1 N–H and O–H groups in total. The number of fused-ring (bicyclic) bond motifs is 1. The fraction of sp³-hybridized carbons (Fsp3) is 0.562. The molecule has 0 bridgehead atoms. The smallest absolute Gasteiger partial charge is 0.315 e. The lowest BCUT2D eigenvalue weighted by molar-refractivity contribution is -0.137. The standard InChI is InChI=1S/C16H23NO2S/c1-3-10-17-16-13-7-5-4-6-12(13)8-9-14(16)20-11-15(18)19-2/h4-7,14,16-17H,3,8-11H2,1-2H3. The zero-order chi connectivity index (χ0) is 14.4. The van der Waals surface area contributed by atoms with Gasteiger partial charge in [0.25, 0.3) is 0 Å². The minimum Gasteiger partial charge on any atom is -0.468 e. The molecule has 20 heavy (non-hydrogen) atoms. The van der Waals surface area contributed by atoms with Crippen LogP contribution in [0.15, 0.2) is 24.3 Å². The molecule has 0 saturated carbocycles. The molecule has 0 radical (unpaired) electrons. The van der Waals surface area contributed by atoms with Crippen molar-refractivity contribution in [3.05, 3.63) is 35.4 Å². The molecule has 2 unspecified atom stereocenters. The molecule has 1 aliphatic carbocycles. The fourth-order valence-electron chi connectivity index (χ4n) is 2.68. The summed E-state index contributed by atoms with van der Waals surface area (Å²) in [7, 11) is 1.45. The second-order valence-corrected chi connectivity index (χ2v) is 6.32. The van der Waals surface area contributed by atoms with Crippen LogP contribution in [0.4, 0.5) is 0 Å². The van der Waals surface area contributed by atoms with Crippen molar-refractivity contribution in [1.29, 1.82) is 0 Å². The summed E-state index contributed by atoms with van der Waals surface area (Å²) in [5.74, 6) is 0.302. The Labute approximate surface area is 125 Å². The van der Waals surface area contributed by atoms with Gasteiger partial charge < -0.3 is 10.1 Å². The van der Waals surface area contributed by atoms with Gasteiger partial charge in [0.15, 0.2) is 0 Å². The maximum Gasteiger partial charge on any atom is 0.315 e. The quantitative estimate of drug-likeness (QED) is 0.818. The van der Waals surface area contributed by atoms with Gasteiger partial charge in [-0.1, -0.05) is 31.2 Å². The van der Waals surface area contributed by atoms with E-state index in [0.29, 0.717) is 17.0 Å². The average molecular weight is 293 g/mol. The van der Waals surface area contributed by atoms with Gasteiger partial charge in [-0.05, 0) is 36.9 Å². The molecule has 0 spiro atoms. The summed E-state index contributed by atoms with van der Waals surface area (Å²) in [5.41, 5.74) is 2.84. The Hall–Kier alpha value is -1.00. The Balaban J connectivity index is 2.09. The molecule has 0 fully saturated rings. The normalized spacial score (nSPS) is 21.3. The Morgan fingerprint density at radius 2 is 2.25 bits per heavy atom. The molecule has 0 aliphatic heterocycles. The number of methoxy groups -OCH3 is 1. The lowest BCUT2D eigenvalue weighted by atomic mass is 9.87. The molecule has 0 aromatic heterocycles. The number of thioether (sulfide) groups is 1. The van der Waals surface area contributed by atoms with E-state index in [4.69, 9.17) is 4.74 Å². The fourth-order valence-corrected chi connectivity index (χ4v) is 3.87. The van der Waals surface area contributed by atoms with Gasteiger partial charge in [-0.3, -0.25) is 4.79 Å². The van der Waals surface area contributed by atoms with E-state index >= 15 is 0 Å². The number of esters is 1. The van der Waals surface area contributed by atoms with Crippen LogP contribution in [0, 0.1) is 0 Å². The van der Waals surface area contributed by atoms with Crippen molar-refractivity contribution < 1.29 is 9.53 Å². The first-order valence-electron chi connectivity index (χ1n) is 7.25. The molecular weight excluding hydrogens is 270 g/mol. The molecule has 0 saturated heterocycles. The average Bonchev–Trinajstić information content (AvgIpc) is 2.50. The predicted octanol–water partition coefficient (Wildman–Crippen LogP) is 2.95. The highest BCUT2D eigenvalue weighted by Crippen LogP contribution is 2.36. The van der Waals surface area contributed by atoms with Crippen LogP contribution >= 0.6 is 11.8 Å². The first-order valence-corrected chi connectivity index (χ1v) is 8.30. The largest absolute Gasteiger partial charge is 0.468 e. The first-order chi connectivity index (χ1) is 9.76. The number of rotatable bonds is 6. The number of nitrogens with one attached hydrogen (secondary N) is 1. The van der Waals surface area contributed by atoms with Gasteiger partial charge in [0, 0.05) is 11.3 Å². The van der Waals surface area contributed by atoms with Crippen LogP contribution < -0.4 is 5.32 Å². The Bertz CT molecular complexity index is 450. The summed E-state index contributed by atoms with van der Waals surface area (Å²) >= 11 is 1.72. The van der Waals surface area contributed by atoms with Gasteiger partial charge in [0.05, 0.1) is 12.9 Å². The highest BCUT2D eigenvalue weighted by atomic mass is 32.2. The van der Waals surface area contributed by atoms with Crippen LogP contribution in [0.2, 0.25) is 0 Å². The van der Waals surface area contributed by atoms with E-state index in [1.165, 1.54) is 18.2 Å². The number of aryl methyl sites for hydroxylation is 1. The Morgan fingerprint density at radius 3 is 3.00 bits per heavy atom. The molecule has 4 heteroatoms. The minimum absolute atomic E-state index is 0.136. The SMILES string of the molecule is CCCNC1c2ccccc2CCC1SCC(=O)OC. The maximum absolute atomic E-state index is 11.4. The molecule has 0 amide bonds. The number of carbonyl (C=O) groups is 1. The lowest BCUT2D eigenvalue weighted by Gasteiger charge is -2.34. The Kier molecular flexibility index (Phi) is 5.92. The van der Waals surface area contributed by atoms with Crippen molar-refractivity contribution >= 4 is 17.7 Å². The zero-order valence-corrected chi connectivity index (χ0v) is 13.0. The molecule has 1 aliphatic rings. The van der Waals surface area contributed by atoms with Crippen molar-refractivity contribution in [2.45, 2.75) is 37.5 Å². The van der Waals surface area contributed by atoms with Gasteiger partial charge in [-0.2, -0.15) is 0 Å². The summed E-state index contributed by atoms with van der Waals surface area (Å²) in [6.07, 6.45) is 3.33. The van der Waals surface area contributed by atoms with E-state index < -0.39 is 0 Å². The van der Waals surface area contributed by atoms with Gasteiger partial charge >= 0.3 is 5.97 Å². The van der Waals surface area contributed by atoms with Crippen molar-refractivity contribution in [3.8, 4) is 0 Å². The Morgan fingerprint density at radius 1 is 1.45 bits per heavy atom. The summed E-state index contributed by atoms with van der Waals surface area (Å²) in [6.45, 7) is 3.19. The molecule has 2 rings (SSSR count). The molecule has 110 valence electrons. The van der Waals surface area contributed by atoms with E-state index in [2.05, 4.69) is 36.5 Å². The van der Waals surface area contributed by atoms with E-state index in [-0.39, 0.29) is 5.97 Å². The van der Waals surface area contributed by atoms with E-state index in [0.717, 1.165) is 25.8 Å². The van der Waals surface area contributed by atoms with E-state index in [9.17, 15) is 4.79 Å². The molecule has 0 heterocycles. The van der Waals surface area contributed by atoms with Crippen molar-refractivity contribution in [2.75, 3.05) is 19.4 Å². The number of benzene rings is 1. The van der Waals surface area contributed by atoms with Crippen molar-refractivity contribution in [3.63, 3.8) is 0 Å². The van der Waals surface area contributed by atoms with Gasteiger partial charge in [-0.15, -0.1) is 11.8 Å². The summed E-state index contributed by atoms with van der Waals surface area (Å²) < 4.78 is 4.75. The molecule has 1 aromatic carbocycles. The number of carbonyl (C=O) groups excluding carboxylic acids is 1. The summed E-state index contributed by atoms with van der Waals surface area (Å²) in [6, 6.07) is 8.99. The second kappa shape index (κ2) is 7.70. The monoisotopic (exact) mass is 293 g/mol. The van der Waals surface area contributed by atoms with Gasteiger partial charge in [-0.25, -0.2) is 0 Å². The van der Waals surface area contributed by atoms with Crippen LogP contribution in [0.5, 0.6) is 0 Å². The van der Waals surface area contributed by atoms with Crippen LogP contribution in [0.3, 0.4) is 0 Å². The highest BCUT2D eigenvalue weighted by Gasteiger charge is 2.29. The number of hydrogen-bond acceptors (Lipinski definition) is 4. The second-order valence-electron chi connectivity index (χ2n) is 5.09. The van der Waals surface area contributed by atoms with Gasteiger partial charge in [0.1, 0.15) is 0 Å². The van der Waals surface area contributed by atoms with Crippen molar-refractivity contribution in [1.82, 2.24) is 5.32 Å². The zero-order valence-electron chi connectivity index (χ0n) is 12.2. The summed E-state index contributed by atoms with van der Waals surface area (Å²) in [5, 5.41) is 4.09. The minimum atomic E-state index is -0.136. The van der Waals surface area contributed by atoms with Gasteiger partial charge in [0.2, 0.25) is 0 Å². The molecular formula is C16H23NO2S. The van der Waals surface area contributed by atoms with Crippen LogP contribution in [-0.4, -0.2) is 30.6 Å². The predicted molar refractivity (Wildman–Crippen MR) is 84.1 cm³/mol. The molecule has 2 atom stereocenters. The maximum atomic E-state index is 11.4. The topological polar surface area (TPSA) is 38.3 Å². The van der Waals surface area contributed by atoms with Crippen molar-refractivity contribution in [2.24, 2.45) is 0 Å². The van der Waals surface area contributed by atoms with E-state index in [1.54, 1.807) is 11.8 Å². The van der Waals surface area contributed by atoms with Crippen LogP contribution in [-0.2, 0) is 16.0 Å². The first kappa shape index (κ1) is 15.4. The molecule has 3 nitrogen and oxygen atoms in total. The third kappa shape index (κ3) is 3.76. The third-order valence-corrected chi connectivity index (χ3v) is 5.06. The third-order valence-electron chi connectivity index (χ3n) is 3.72. The molecule has 1 aromatic rings. The lowest BCUT2D eigenvalue weighted by Crippen LogP contribution is -2.35. The summed E-state index contributed by atoms with van der Waals surface area (Å²) in [4.78, 5) is 11.4. The van der Waals surface area contributed by atoms with Crippen LogP contribution in [0.25, 0.3) is 0 Å². The number of ether oxygens (including phenoxy) is 1. The number of hydrogen-bond donors (Lipinski definition) is 1. The van der Waals surface area contributed by atoms with Crippen LogP contribution in [0.1, 0.15) is 36.9 Å². The van der Waals surface area contributed by atoms with E-state index in [1.807, 2.05) is 0 Å².